The van der Waals surface area contributed by atoms with E-state index in [1.165, 1.54) is 22.4 Å². The molecule has 0 saturated heterocycles. The molecule has 1 aliphatic heterocycles. The third-order valence-electron chi connectivity index (χ3n) is 5.57. The van der Waals surface area contributed by atoms with Crippen LogP contribution in [0, 0.1) is 13.8 Å². The largest absolute Gasteiger partial charge is 0.487 e. The third-order valence-corrected chi connectivity index (χ3v) is 5.57. The predicted molar refractivity (Wildman–Crippen MR) is 115 cm³/mol. The average Bonchev–Trinajstić information content (AvgIpc) is 2.90. The number of fused-ring (bicyclic) bond motifs is 1. The molecule has 164 valence electrons. The van der Waals surface area contributed by atoms with Gasteiger partial charge in [0.1, 0.15) is 11.4 Å². The zero-order valence-electron chi connectivity index (χ0n) is 19.0. The van der Waals surface area contributed by atoms with Crippen molar-refractivity contribution >= 4 is 11.7 Å². The lowest BCUT2D eigenvalue weighted by atomic mass is 9.89. The molecule has 29 heavy (non-hydrogen) atoms. The first-order valence-corrected chi connectivity index (χ1v) is 10.5. The molecule has 0 fully saturated rings. The van der Waals surface area contributed by atoms with Crippen LogP contribution in [0.1, 0.15) is 62.3 Å². The topological polar surface area (TPSA) is 79.2 Å². The molecule has 0 radical (unpaired) electrons. The predicted octanol–water partition coefficient (Wildman–Crippen LogP) is 3.08. The number of ether oxygens (including phenoxy) is 2. The van der Waals surface area contributed by atoms with Gasteiger partial charge in [-0.05, 0) is 70.6 Å². The number of carbonyl (C=O) groups is 1. The number of rotatable bonds is 9. The maximum atomic E-state index is 11.5. The van der Waals surface area contributed by atoms with E-state index in [0.29, 0.717) is 12.8 Å². The van der Waals surface area contributed by atoms with Gasteiger partial charge in [-0.2, -0.15) is 0 Å². The van der Waals surface area contributed by atoms with Gasteiger partial charge in [-0.3, -0.25) is 4.79 Å². The lowest BCUT2D eigenvalue weighted by molar-refractivity contribution is -0.145. The van der Waals surface area contributed by atoms with Crippen LogP contribution in [-0.2, 0) is 22.4 Å². The van der Waals surface area contributed by atoms with Crippen LogP contribution >= 0.6 is 0 Å². The van der Waals surface area contributed by atoms with Crippen molar-refractivity contribution in [1.82, 2.24) is 0 Å². The fourth-order valence-electron chi connectivity index (χ4n) is 4.37. The molecular formula is C23H37NO5. The summed E-state index contributed by atoms with van der Waals surface area (Å²) in [5.41, 5.74) is 5.76. The molecule has 0 spiro atoms. The first-order chi connectivity index (χ1) is 13.5. The molecule has 0 bridgehead atoms. The van der Waals surface area contributed by atoms with Gasteiger partial charge in [-0.25, -0.2) is 0 Å². The van der Waals surface area contributed by atoms with E-state index in [9.17, 15) is 15.0 Å². The van der Waals surface area contributed by atoms with E-state index in [4.69, 9.17) is 9.47 Å². The maximum absolute atomic E-state index is 11.5. The molecule has 0 aliphatic carbocycles. The highest BCUT2D eigenvalue weighted by Gasteiger charge is 2.35. The number of esters is 1. The molecule has 1 aliphatic rings. The minimum absolute atomic E-state index is 0.0913. The van der Waals surface area contributed by atoms with E-state index in [0.717, 1.165) is 17.7 Å². The number of hydrogen-bond acceptors (Lipinski definition) is 6. The monoisotopic (exact) mass is 407 g/mol. The van der Waals surface area contributed by atoms with Crippen LogP contribution in [0.4, 0.5) is 5.69 Å². The number of carbonyl (C=O) groups excluding carboxylic acids is 1. The van der Waals surface area contributed by atoms with Crippen LogP contribution in [-0.4, -0.2) is 54.7 Å². The van der Waals surface area contributed by atoms with Crippen LogP contribution in [0.25, 0.3) is 0 Å². The molecule has 2 rings (SSSR count). The van der Waals surface area contributed by atoms with Gasteiger partial charge >= 0.3 is 5.97 Å². The van der Waals surface area contributed by atoms with E-state index >= 15 is 0 Å². The van der Waals surface area contributed by atoms with Gasteiger partial charge < -0.3 is 24.6 Å². The standard InChI is InChI=1S/C23H37NO5/c1-8-28-20(27)12-17(26)11-16(25)9-10-18-14(2)21(24(6)7)15(3)19-13-23(4,5)29-22(18)19/h16-17,25-26H,8-13H2,1-7H3. The highest BCUT2D eigenvalue weighted by atomic mass is 16.5. The van der Waals surface area contributed by atoms with Crippen molar-refractivity contribution in [2.75, 3.05) is 25.6 Å². The van der Waals surface area contributed by atoms with Crippen LogP contribution in [0.15, 0.2) is 0 Å². The van der Waals surface area contributed by atoms with Crippen LogP contribution < -0.4 is 9.64 Å². The summed E-state index contributed by atoms with van der Waals surface area (Å²) in [6.45, 7) is 10.5. The normalized spacial score (nSPS) is 16.7. The average molecular weight is 408 g/mol. The molecule has 1 heterocycles. The quantitative estimate of drug-likeness (QED) is 0.613. The highest BCUT2D eigenvalue weighted by molar-refractivity contribution is 5.70. The Morgan fingerprint density at radius 3 is 2.45 bits per heavy atom. The van der Waals surface area contributed by atoms with E-state index < -0.39 is 18.2 Å². The van der Waals surface area contributed by atoms with Gasteiger partial charge in [-0.1, -0.05) is 0 Å². The highest BCUT2D eigenvalue weighted by Crippen LogP contribution is 2.46. The van der Waals surface area contributed by atoms with Crippen LogP contribution in [0.5, 0.6) is 5.75 Å². The Balaban J connectivity index is 2.16. The van der Waals surface area contributed by atoms with Crippen molar-refractivity contribution in [2.24, 2.45) is 0 Å². The number of benzene rings is 1. The van der Waals surface area contributed by atoms with Crippen molar-refractivity contribution in [3.63, 3.8) is 0 Å². The Kier molecular flexibility index (Phi) is 7.57. The molecule has 0 saturated carbocycles. The maximum Gasteiger partial charge on any atom is 0.308 e. The van der Waals surface area contributed by atoms with E-state index in [-0.39, 0.29) is 25.0 Å². The second-order valence-electron chi connectivity index (χ2n) is 8.91. The molecular weight excluding hydrogens is 370 g/mol. The minimum atomic E-state index is -0.901. The lowest BCUT2D eigenvalue weighted by Crippen LogP contribution is -2.25. The Bertz CT molecular complexity index is 742. The summed E-state index contributed by atoms with van der Waals surface area (Å²) in [7, 11) is 4.10. The van der Waals surface area contributed by atoms with Crippen molar-refractivity contribution in [2.45, 2.75) is 84.5 Å². The van der Waals surface area contributed by atoms with Gasteiger partial charge in [0, 0.05) is 31.8 Å². The Morgan fingerprint density at radius 2 is 1.86 bits per heavy atom. The molecule has 0 aromatic heterocycles. The van der Waals surface area contributed by atoms with Gasteiger partial charge in [-0.15, -0.1) is 0 Å². The van der Waals surface area contributed by atoms with Gasteiger partial charge in [0.05, 0.1) is 25.2 Å². The van der Waals surface area contributed by atoms with Crippen molar-refractivity contribution < 1.29 is 24.5 Å². The summed E-state index contributed by atoms with van der Waals surface area (Å²) >= 11 is 0. The summed E-state index contributed by atoms with van der Waals surface area (Å²) in [6, 6.07) is 0. The number of aliphatic hydroxyl groups excluding tert-OH is 2. The minimum Gasteiger partial charge on any atom is -0.487 e. The second-order valence-corrected chi connectivity index (χ2v) is 8.91. The zero-order valence-corrected chi connectivity index (χ0v) is 19.0. The van der Waals surface area contributed by atoms with Crippen LogP contribution in [0.2, 0.25) is 0 Å². The molecule has 0 amide bonds. The molecule has 2 unspecified atom stereocenters. The molecule has 6 heteroatoms. The van der Waals surface area contributed by atoms with E-state index in [2.05, 4.69) is 32.6 Å². The van der Waals surface area contributed by atoms with Gasteiger partial charge in [0.15, 0.2) is 0 Å². The van der Waals surface area contributed by atoms with Crippen molar-refractivity contribution in [1.29, 1.82) is 0 Å². The Hall–Kier alpha value is -1.79. The number of anilines is 1. The van der Waals surface area contributed by atoms with Crippen molar-refractivity contribution in [3.05, 3.63) is 22.3 Å². The smallest absolute Gasteiger partial charge is 0.308 e. The molecule has 2 N–H and O–H groups in total. The number of hydrogen-bond donors (Lipinski definition) is 2. The summed E-state index contributed by atoms with van der Waals surface area (Å²) in [4.78, 5) is 13.6. The van der Waals surface area contributed by atoms with Crippen LogP contribution in [0.3, 0.4) is 0 Å². The Morgan fingerprint density at radius 1 is 1.21 bits per heavy atom. The lowest BCUT2D eigenvalue weighted by Gasteiger charge is -2.25. The van der Waals surface area contributed by atoms with Crippen molar-refractivity contribution in [3.8, 4) is 5.75 Å². The summed E-state index contributed by atoms with van der Waals surface area (Å²) < 4.78 is 11.2. The third kappa shape index (κ3) is 5.64. The summed E-state index contributed by atoms with van der Waals surface area (Å²) in [6.07, 6.45) is 0.466. The Labute approximate surface area is 174 Å². The molecule has 1 aromatic rings. The summed E-state index contributed by atoms with van der Waals surface area (Å²) in [5, 5.41) is 20.5. The first-order valence-electron chi connectivity index (χ1n) is 10.5. The van der Waals surface area contributed by atoms with Gasteiger partial charge in [0.2, 0.25) is 0 Å². The van der Waals surface area contributed by atoms with Gasteiger partial charge in [0.25, 0.3) is 0 Å². The number of nitrogens with zero attached hydrogens (tertiary/aromatic N) is 1. The molecule has 6 nitrogen and oxygen atoms in total. The zero-order chi connectivity index (χ0) is 21.9. The molecule has 2 atom stereocenters. The fraction of sp³-hybridized carbons (Fsp3) is 0.696. The van der Waals surface area contributed by atoms with E-state index in [1.54, 1.807) is 6.92 Å². The number of aliphatic hydroxyl groups is 2. The van der Waals surface area contributed by atoms with E-state index in [1.807, 2.05) is 14.1 Å². The summed E-state index contributed by atoms with van der Waals surface area (Å²) in [5.74, 6) is 0.514. The molecule has 1 aromatic carbocycles. The second kappa shape index (κ2) is 9.35. The first kappa shape index (κ1) is 23.5. The SMILES string of the molecule is CCOC(=O)CC(O)CC(O)CCc1c(C)c(N(C)C)c(C)c2c1OC(C)(C)C2. The fourth-order valence-corrected chi connectivity index (χ4v) is 4.37.